The average Bonchev–Trinajstić information content (AvgIpc) is 2.15. The summed E-state index contributed by atoms with van der Waals surface area (Å²) in [5.41, 5.74) is 3.06. The van der Waals surface area contributed by atoms with Crippen LogP contribution in [0.5, 0.6) is 0 Å². The van der Waals surface area contributed by atoms with E-state index in [1.54, 1.807) is 0 Å². The van der Waals surface area contributed by atoms with Crippen LogP contribution in [0.2, 0.25) is 0 Å². The van der Waals surface area contributed by atoms with E-state index in [4.69, 9.17) is 0 Å². The molecular formula is C13H21N. The molecule has 78 valence electrons. The molecule has 0 aliphatic heterocycles. The van der Waals surface area contributed by atoms with Gasteiger partial charge in [-0.05, 0) is 37.9 Å². The van der Waals surface area contributed by atoms with Crippen LogP contribution >= 0.6 is 0 Å². The van der Waals surface area contributed by atoms with Crippen molar-refractivity contribution in [3.63, 3.8) is 0 Å². The molecule has 0 fully saturated rings. The quantitative estimate of drug-likeness (QED) is 0.771. The number of benzene rings is 1. The van der Waals surface area contributed by atoms with Gasteiger partial charge >= 0.3 is 0 Å². The molecule has 0 spiro atoms. The molecular weight excluding hydrogens is 170 g/mol. The fourth-order valence-electron chi connectivity index (χ4n) is 1.65. The fraction of sp³-hybridized carbons (Fsp3) is 0.538. The minimum Gasteiger partial charge on any atom is -0.320 e. The maximum Gasteiger partial charge on any atom is -0.00436 e. The molecule has 0 bridgehead atoms. The lowest BCUT2D eigenvalue weighted by molar-refractivity contribution is 0.468. The van der Waals surface area contributed by atoms with Crippen molar-refractivity contribution in [3.8, 4) is 0 Å². The van der Waals surface area contributed by atoms with Gasteiger partial charge in [-0.25, -0.2) is 0 Å². The van der Waals surface area contributed by atoms with Gasteiger partial charge in [0.2, 0.25) is 0 Å². The first kappa shape index (κ1) is 11.3. The van der Waals surface area contributed by atoms with Crippen LogP contribution in [0.1, 0.15) is 31.4 Å². The van der Waals surface area contributed by atoms with Gasteiger partial charge in [0.1, 0.15) is 0 Å². The Morgan fingerprint density at radius 3 is 2.57 bits per heavy atom. The minimum absolute atomic E-state index is 0.273. The first-order valence-corrected chi connectivity index (χ1v) is 5.28. The third-order valence-corrected chi connectivity index (χ3v) is 2.80. The summed E-state index contributed by atoms with van der Waals surface area (Å²) in [6.45, 7) is 7.83. The van der Waals surface area contributed by atoms with E-state index in [1.807, 2.05) is 7.05 Å². The Kier molecular flexibility index (Phi) is 3.70. The minimum atomic E-state index is 0.273. The molecule has 14 heavy (non-hydrogen) atoms. The van der Waals surface area contributed by atoms with E-state index in [0.717, 1.165) is 6.54 Å². The molecule has 0 radical (unpaired) electrons. The Labute approximate surface area is 87.5 Å². The van der Waals surface area contributed by atoms with Crippen LogP contribution in [-0.2, 0) is 5.41 Å². The molecule has 1 nitrogen and oxygen atoms in total. The molecule has 0 saturated carbocycles. The van der Waals surface area contributed by atoms with Crippen molar-refractivity contribution < 1.29 is 0 Å². The largest absolute Gasteiger partial charge is 0.320 e. The average molecular weight is 191 g/mol. The molecule has 0 atom stereocenters. The molecule has 0 unspecified atom stereocenters. The van der Waals surface area contributed by atoms with Crippen molar-refractivity contribution in [2.75, 3.05) is 13.6 Å². The first-order valence-electron chi connectivity index (χ1n) is 5.28. The monoisotopic (exact) mass is 191 g/mol. The van der Waals surface area contributed by atoms with Crippen molar-refractivity contribution in [1.82, 2.24) is 5.32 Å². The second-order valence-electron chi connectivity index (χ2n) is 4.61. The standard InChI is InChI=1S/C13H21N/c1-11-6-5-7-12(10-11)13(2,3)8-9-14-4/h5-7,10,14H,8-9H2,1-4H3. The summed E-state index contributed by atoms with van der Waals surface area (Å²) < 4.78 is 0. The Bertz CT molecular complexity index is 289. The van der Waals surface area contributed by atoms with E-state index >= 15 is 0 Å². The molecule has 1 N–H and O–H groups in total. The van der Waals surface area contributed by atoms with E-state index < -0.39 is 0 Å². The summed E-state index contributed by atoms with van der Waals surface area (Å²) in [5, 5.41) is 3.21. The lowest BCUT2D eigenvalue weighted by atomic mass is 9.81. The number of aryl methyl sites for hydroxylation is 1. The lowest BCUT2D eigenvalue weighted by Gasteiger charge is -2.25. The zero-order chi connectivity index (χ0) is 10.6. The predicted molar refractivity (Wildman–Crippen MR) is 62.7 cm³/mol. The molecule has 0 saturated heterocycles. The van der Waals surface area contributed by atoms with Crippen molar-refractivity contribution in [2.24, 2.45) is 0 Å². The predicted octanol–water partition coefficient (Wildman–Crippen LogP) is 2.88. The Balaban J connectivity index is 2.80. The van der Waals surface area contributed by atoms with E-state index in [1.165, 1.54) is 17.5 Å². The maximum atomic E-state index is 3.21. The van der Waals surface area contributed by atoms with Gasteiger partial charge in [-0.15, -0.1) is 0 Å². The van der Waals surface area contributed by atoms with Gasteiger partial charge in [-0.2, -0.15) is 0 Å². The van der Waals surface area contributed by atoms with Gasteiger partial charge in [0, 0.05) is 0 Å². The van der Waals surface area contributed by atoms with Gasteiger partial charge in [0.05, 0.1) is 0 Å². The zero-order valence-electron chi connectivity index (χ0n) is 9.72. The van der Waals surface area contributed by atoms with Crippen molar-refractivity contribution in [1.29, 1.82) is 0 Å². The highest BCUT2D eigenvalue weighted by Crippen LogP contribution is 2.26. The number of rotatable bonds is 4. The maximum absolute atomic E-state index is 3.21. The van der Waals surface area contributed by atoms with E-state index in [-0.39, 0.29) is 5.41 Å². The normalized spacial score (nSPS) is 11.7. The molecule has 1 aromatic carbocycles. The Hall–Kier alpha value is -0.820. The number of hydrogen-bond donors (Lipinski definition) is 1. The van der Waals surface area contributed by atoms with Crippen molar-refractivity contribution in [2.45, 2.75) is 32.6 Å². The molecule has 1 aromatic rings. The molecule has 0 aliphatic carbocycles. The molecule has 0 amide bonds. The third-order valence-electron chi connectivity index (χ3n) is 2.80. The highest BCUT2D eigenvalue weighted by molar-refractivity contribution is 5.28. The topological polar surface area (TPSA) is 12.0 Å². The third kappa shape index (κ3) is 2.85. The van der Waals surface area contributed by atoms with Gasteiger partial charge in [0.15, 0.2) is 0 Å². The summed E-state index contributed by atoms with van der Waals surface area (Å²) >= 11 is 0. The molecule has 0 aliphatic rings. The summed E-state index contributed by atoms with van der Waals surface area (Å²) in [7, 11) is 2.01. The Morgan fingerprint density at radius 1 is 1.29 bits per heavy atom. The van der Waals surface area contributed by atoms with E-state index in [2.05, 4.69) is 50.4 Å². The molecule has 1 rings (SSSR count). The van der Waals surface area contributed by atoms with Crippen LogP contribution in [0.25, 0.3) is 0 Å². The SMILES string of the molecule is CNCCC(C)(C)c1cccc(C)c1. The summed E-state index contributed by atoms with van der Waals surface area (Å²) in [6.07, 6.45) is 1.17. The second kappa shape index (κ2) is 4.61. The lowest BCUT2D eigenvalue weighted by Crippen LogP contribution is -2.23. The van der Waals surface area contributed by atoms with E-state index in [9.17, 15) is 0 Å². The molecule has 0 heterocycles. The smallest absolute Gasteiger partial charge is 0.00436 e. The van der Waals surface area contributed by atoms with Crippen LogP contribution in [0.3, 0.4) is 0 Å². The van der Waals surface area contributed by atoms with Crippen LogP contribution in [0, 0.1) is 6.92 Å². The fourth-order valence-corrected chi connectivity index (χ4v) is 1.65. The van der Waals surface area contributed by atoms with Crippen LogP contribution < -0.4 is 5.32 Å². The van der Waals surface area contributed by atoms with Crippen molar-refractivity contribution >= 4 is 0 Å². The second-order valence-corrected chi connectivity index (χ2v) is 4.61. The first-order chi connectivity index (χ1) is 6.56. The summed E-state index contributed by atoms with van der Waals surface area (Å²) in [4.78, 5) is 0. The molecule has 0 aromatic heterocycles. The van der Waals surface area contributed by atoms with Crippen LogP contribution in [0.15, 0.2) is 24.3 Å². The van der Waals surface area contributed by atoms with Crippen LogP contribution in [0.4, 0.5) is 0 Å². The zero-order valence-corrected chi connectivity index (χ0v) is 9.72. The molecule has 1 heteroatoms. The van der Waals surface area contributed by atoms with E-state index in [0.29, 0.717) is 0 Å². The number of nitrogens with one attached hydrogen (secondary N) is 1. The van der Waals surface area contributed by atoms with Crippen LogP contribution in [-0.4, -0.2) is 13.6 Å². The highest BCUT2D eigenvalue weighted by atomic mass is 14.8. The Morgan fingerprint density at radius 2 is 2.00 bits per heavy atom. The van der Waals surface area contributed by atoms with Gasteiger partial charge in [0.25, 0.3) is 0 Å². The summed E-state index contributed by atoms with van der Waals surface area (Å²) in [5.74, 6) is 0. The van der Waals surface area contributed by atoms with Gasteiger partial charge in [-0.3, -0.25) is 0 Å². The van der Waals surface area contributed by atoms with Gasteiger partial charge in [-0.1, -0.05) is 43.7 Å². The van der Waals surface area contributed by atoms with Gasteiger partial charge < -0.3 is 5.32 Å². The van der Waals surface area contributed by atoms with Crippen molar-refractivity contribution in [3.05, 3.63) is 35.4 Å². The summed E-state index contributed by atoms with van der Waals surface area (Å²) in [6, 6.07) is 8.81. The number of hydrogen-bond acceptors (Lipinski definition) is 1. The highest BCUT2D eigenvalue weighted by Gasteiger charge is 2.19.